The van der Waals surface area contributed by atoms with Gasteiger partial charge >= 0.3 is 0 Å². The Morgan fingerprint density at radius 1 is 0.857 bits per heavy atom. The zero-order valence-electron chi connectivity index (χ0n) is 9.05. The van der Waals surface area contributed by atoms with E-state index in [2.05, 4.69) is 35.9 Å². The van der Waals surface area contributed by atoms with Crippen molar-refractivity contribution in [1.82, 2.24) is 9.97 Å². The first-order valence-corrected chi connectivity index (χ1v) is 4.80. The highest BCUT2D eigenvalue weighted by molar-refractivity contribution is 5.82. The van der Waals surface area contributed by atoms with Crippen molar-refractivity contribution < 1.29 is 0 Å². The lowest BCUT2D eigenvalue weighted by Crippen LogP contribution is -1.94. The topological polar surface area (TPSA) is 25.8 Å². The molecule has 0 radical (unpaired) electrons. The Balaban J connectivity index is 2.89. The van der Waals surface area contributed by atoms with E-state index in [4.69, 9.17) is 0 Å². The van der Waals surface area contributed by atoms with Crippen LogP contribution in [0.3, 0.4) is 0 Å². The molecule has 0 spiro atoms. The van der Waals surface area contributed by atoms with Crippen LogP contribution in [0.2, 0.25) is 0 Å². The van der Waals surface area contributed by atoms with Crippen LogP contribution in [-0.4, -0.2) is 9.97 Å². The van der Waals surface area contributed by atoms with Gasteiger partial charge < -0.3 is 0 Å². The molecule has 2 aromatic rings. The summed E-state index contributed by atoms with van der Waals surface area (Å²) in [5.41, 5.74) is 4.71. The molecule has 1 heterocycles. The predicted octanol–water partition coefficient (Wildman–Crippen LogP) is 2.86. The number of rotatable bonds is 0. The average molecular weight is 186 g/mol. The maximum Gasteiger partial charge on any atom is 0.126 e. The van der Waals surface area contributed by atoms with Crippen LogP contribution < -0.4 is 0 Å². The second-order valence-corrected chi connectivity index (χ2v) is 3.81. The van der Waals surface area contributed by atoms with Crippen LogP contribution in [-0.2, 0) is 0 Å². The fraction of sp³-hybridized carbons (Fsp3) is 0.333. The van der Waals surface area contributed by atoms with E-state index in [1.807, 2.05) is 13.8 Å². The molecule has 2 nitrogen and oxygen atoms in total. The van der Waals surface area contributed by atoms with Crippen molar-refractivity contribution in [3.63, 3.8) is 0 Å². The summed E-state index contributed by atoms with van der Waals surface area (Å²) in [5, 5.41) is 1.17. The summed E-state index contributed by atoms with van der Waals surface area (Å²) in [7, 11) is 0. The number of nitrogens with zero attached hydrogens (tertiary/aromatic N) is 2. The highest BCUT2D eigenvalue weighted by Crippen LogP contribution is 2.19. The molecule has 0 saturated carbocycles. The smallest absolute Gasteiger partial charge is 0.126 e. The lowest BCUT2D eigenvalue weighted by molar-refractivity contribution is 1.05. The van der Waals surface area contributed by atoms with Crippen molar-refractivity contribution in [2.45, 2.75) is 27.7 Å². The van der Waals surface area contributed by atoms with Gasteiger partial charge in [0.2, 0.25) is 0 Å². The highest BCUT2D eigenvalue weighted by atomic mass is 14.9. The summed E-state index contributed by atoms with van der Waals surface area (Å²) in [5.74, 6) is 0.846. The van der Waals surface area contributed by atoms with Crippen molar-refractivity contribution in [2.24, 2.45) is 0 Å². The summed E-state index contributed by atoms with van der Waals surface area (Å²) < 4.78 is 0. The third kappa shape index (κ3) is 1.37. The molecule has 14 heavy (non-hydrogen) atoms. The van der Waals surface area contributed by atoms with E-state index < -0.39 is 0 Å². The van der Waals surface area contributed by atoms with Crippen molar-refractivity contribution >= 4 is 10.9 Å². The third-order valence-corrected chi connectivity index (χ3v) is 2.61. The zero-order chi connectivity index (χ0) is 10.3. The van der Waals surface area contributed by atoms with Crippen LogP contribution in [0.1, 0.15) is 22.6 Å². The van der Waals surface area contributed by atoms with Crippen molar-refractivity contribution in [1.29, 1.82) is 0 Å². The van der Waals surface area contributed by atoms with Crippen LogP contribution >= 0.6 is 0 Å². The molecule has 1 aromatic carbocycles. The molecule has 0 atom stereocenters. The van der Waals surface area contributed by atoms with Gasteiger partial charge in [-0.2, -0.15) is 0 Å². The van der Waals surface area contributed by atoms with Crippen molar-refractivity contribution in [2.75, 3.05) is 0 Å². The Kier molecular flexibility index (Phi) is 1.99. The molecule has 0 aliphatic carbocycles. The minimum atomic E-state index is 0.846. The molecule has 0 unspecified atom stereocenters. The fourth-order valence-electron chi connectivity index (χ4n) is 1.69. The van der Waals surface area contributed by atoms with Crippen LogP contribution in [0.4, 0.5) is 0 Å². The molecule has 0 aliphatic heterocycles. The molecular formula is C12H14N2. The van der Waals surface area contributed by atoms with Crippen molar-refractivity contribution in [3.8, 4) is 0 Å². The fourth-order valence-corrected chi connectivity index (χ4v) is 1.69. The van der Waals surface area contributed by atoms with Gasteiger partial charge in [0, 0.05) is 11.1 Å². The first kappa shape index (κ1) is 9.13. The Labute approximate surface area is 84.0 Å². The summed E-state index contributed by atoms with van der Waals surface area (Å²) in [6, 6.07) is 4.30. The van der Waals surface area contributed by atoms with Gasteiger partial charge in [-0.25, -0.2) is 9.97 Å². The Morgan fingerprint density at radius 3 is 2.21 bits per heavy atom. The number of fused-ring (bicyclic) bond motifs is 1. The van der Waals surface area contributed by atoms with Gasteiger partial charge in [0.15, 0.2) is 0 Å². The molecule has 1 aromatic heterocycles. The van der Waals surface area contributed by atoms with Gasteiger partial charge in [0.05, 0.1) is 5.52 Å². The normalized spacial score (nSPS) is 10.9. The van der Waals surface area contributed by atoms with E-state index in [0.717, 1.165) is 17.0 Å². The quantitative estimate of drug-likeness (QED) is 0.632. The maximum absolute atomic E-state index is 4.43. The summed E-state index contributed by atoms with van der Waals surface area (Å²) in [6.07, 6.45) is 0. The highest BCUT2D eigenvalue weighted by Gasteiger charge is 2.03. The Hall–Kier alpha value is -1.44. The van der Waals surface area contributed by atoms with Gasteiger partial charge in [-0.15, -0.1) is 0 Å². The van der Waals surface area contributed by atoms with E-state index in [1.54, 1.807) is 0 Å². The standard InChI is InChI=1S/C12H14N2/c1-7-5-11-9(3)13-10(4)14-12(11)6-8(7)2/h5-6H,1-4H3. The van der Waals surface area contributed by atoms with E-state index in [0.29, 0.717) is 0 Å². The Bertz CT molecular complexity index is 501. The minimum absolute atomic E-state index is 0.846. The molecule has 0 aliphatic rings. The first-order chi connectivity index (χ1) is 6.58. The van der Waals surface area contributed by atoms with Gasteiger partial charge in [-0.1, -0.05) is 0 Å². The molecule has 0 amide bonds. The van der Waals surface area contributed by atoms with Crippen LogP contribution in [0.5, 0.6) is 0 Å². The van der Waals surface area contributed by atoms with E-state index in [-0.39, 0.29) is 0 Å². The summed E-state index contributed by atoms with van der Waals surface area (Å²) in [6.45, 7) is 8.20. The molecule has 0 saturated heterocycles. The lowest BCUT2D eigenvalue weighted by Gasteiger charge is -2.06. The van der Waals surface area contributed by atoms with Crippen molar-refractivity contribution in [3.05, 3.63) is 34.8 Å². The second kappa shape index (κ2) is 3.05. The molecule has 0 N–H and O–H groups in total. The van der Waals surface area contributed by atoms with E-state index >= 15 is 0 Å². The molecule has 72 valence electrons. The molecule has 2 heteroatoms. The lowest BCUT2D eigenvalue weighted by atomic mass is 10.1. The molecule has 0 fully saturated rings. The van der Waals surface area contributed by atoms with E-state index in [9.17, 15) is 0 Å². The minimum Gasteiger partial charge on any atom is -0.238 e. The summed E-state index contributed by atoms with van der Waals surface area (Å²) in [4.78, 5) is 8.79. The number of benzene rings is 1. The van der Waals surface area contributed by atoms with Gasteiger partial charge in [-0.3, -0.25) is 0 Å². The maximum atomic E-state index is 4.43. The summed E-state index contributed by atoms with van der Waals surface area (Å²) >= 11 is 0. The first-order valence-electron chi connectivity index (χ1n) is 4.80. The number of aryl methyl sites for hydroxylation is 4. The molecule has 2 rings (SSSR count). The largest absolute Gasteiger partial charge is 0.238 e. The SMILES string of the molecule is Cc1nc(C)c2cc(C)c(C)cc2n1. The molecular weight excluding hydrogens is 172 g/mol. The van der Waals surface area contributed by atoms with Gasteiger partial charge in [0.25, 0.3) is 0 Å². The predicted molar refractivity (Wildman–Crippen MR) is 58.5 cm³/mol. The third-order valence-electron chi connectivity index (χ3n) is 2.61. The van der Waals surface area contributed by atoms with Crippen LogP contribution in [0.25, 0.3) is 10.9 Å². The number of aromatic nitrogens is 2. The monoisotopic (exact) mass is 186 g/mol. The van der Waals surface area contributed by atoms with E-state index in [1.165, 1.54) is 16.5 Å². The van der Waals surface area contributed by atoms with Gasteiger partial charge in [-0.05, 0) is 51.0 Å². The molecule has 0 bridgehead atoms. The second-order valence-electron chi connectivity index (χ2n) is 3.81. The van der Waals surface area contributed by atoms with Gasteiger partial charge in [0.1, 0.15) is 5.82 Å². The average Bonchev–Trinajstić information content (AvgIpc) is 2.08. The van der Waals surface area contributed by atoms with Crippen LogP contribution in [0.15, 0.2) is 12.1 Å². The Morgan fingerprint density at radius 2 is 1.50 bits per heavy atom. The van der Waals surface area contributed by atoms with Crippen LogP contribution in [0, 0.1) is 27.7 Å². The zero-order valence-corrected chi connectivity index (χ0v) is 9.05. The number of hydrogen-bond donors (Lipinski definition) is 0. The number of hydrogen-bond acceptors (Lipinski definition) is 2.